The molecular formula is C27H33F3N2O3. The molecule has 4 rings (SSSR count). The van der Waals surface area contributed by atoms with Gasteiger partial charge in [-0.05, 0) is 62.8 Å². The predicted octanol–water partition coefficient (Wildman–Crippen LogP) is 5.97. The lowest BCUT2D eigenvalue weighted by atomic mass is 9.82. The smallest absolute Gasteiger partial charge is 0.416 e. The molecule has 3 atom stereocenters. The highest BCUT2D eigenvalue weighted by atomic mass is 19.4. The van der Waals surface area contributed by atoms with Gasteiger partial charge in [0.1, 0.15) is 6.10 Å². The number of carbonyl (C=O) groups excluding carboxylic acids is 1. The molecular weight excluding hydrogens is 457 g/mol. The van der Waals surface area contributed by atoms with Gasteiger partial charge in [-0.15, -0.1) is 0 Å². The first-order chi connectivity index (χ1) is 16.7. The molecule has 190 valence electrons. The average Bonchev–Trinajstić information content (AvgIpc) is 3.38. The van der Waals surface area contributed by atoms with Gasteiger partial charge in [-0.2, -0.15) is 13.2 Å². The van der Waals surface area contributed by atoms with E-state index in [1.807, 2.05) is 30.3 Å². The number of halogens is 3. The molecule has 0 saturated carbocycles. The van der Waals surface area contributed by atoms with Gasteiger partial charge in [0.2, 0.25) is 0 Å². The molecule has 2 aliphatic heterocycles. The monoisotopic (exact) mass is 490 g/mol. The fraction of sp³-hybridized carbons (Fsp3) is 0.519. The van der Waals surface area contributed by atoms with Crippen molar-refractivity contribution in [1.82, 2.24) is 10.2 Å². The minimum absolute atomic E-state index is 0.233. The Kier molecular flexibility index (Phi) is 7.71. The highest BCUT2D eigenvalue weighted by Gasteiger charge is 2.39. The number of likely N-dealkylation sites (tertiary alicyclic amines) is 1. The number of hydrogen-bond donors (Lipinski definition) is 1. The maximum atomic E-state index is 13.3. The van der Waals surface area contributed by atoms with E-state index in [9.17, 15) is 18.0 Å². The van der Waals surface area contributed by atoms with Crippen LogP contribution in [0.25, 0.3) is 0 Å². The molecule has 2 saturated heterocycles. The summed E-state index contributed by atoms with van der Waals surface area (Å²) in [5, 5.41) is 3.55. The van der Waals surface area contributed by atoms with Gasteiger partial charge in [0.15, 0.2) is 0 Å². The topological polar surface area (TPSA) is 50.8 Å². The summed E-state index contributed by atoms with van der Waals surface area (Å²) in [7, 11) is 0. The first-order valence-corrected chi connectivity index (χ1v) is 12.2. The van der Waals surface area contributed by atoms with Crippen LogP contribution in [0.2, 0.25) is 0 Å². The first-order valence-electron chi connectivity index (χ1n) is 12.2. The van der Waals surface area contributed by atoms with Crippen molar-refractivity contribution in [3.63, 3.8) is 0 Å². The molecule has 0 aromatic heterocycles. The fourth-order valence-corrected chi connectivity index (χ4v) is 4.91. The summed E-state index contributed by atoms with van der Waals surface area (Å²) in [6.07, 6.45) is -2.06. The number of hydrogen-bond acceptors (Lipinski definition) is 4. The van der Waals surface area contributed by atoms with Crippen LogP contribution in [0.1, 0.15) is 61.0 Å². The third kappa shape index (κ3) is 6.16. The Morgan fingerprint density at radius 1 is 1.17 bits per heavy atom. The standard InChI is InChI=1S/C27H33F3N2O3/c1-19-14-21(16-23(15-19)27(28,29)30)20(2)34-18-26(22-8-4-3-5-9-22)11-10-24(17-31-26)35-25(33)32-12-6-7-13-32/h3-5,8-9,14-16,20,24,31H,6-7,10-13,17-18H2,1-2H3/t20-,24+,26-/m1/s1. The van der Waals surface area contributed by atoms with Crippen molar-refractivity contribution in [2.75, 3.05) is 26.2 Å². The number of nitrogens with zero attached hydrogens (tertiary/aromatic N) is 1. The number of ether oxygens (including phenoxy) is 2. The lowest BCUT2D eigenvalue weighted by Gasteiger charge is -2.42. The normalized spacial score (nSPS) is 23.8. The number of alkyl halides is 3. The highest BCUT2D eigenvalue weighted by molar-refractivity contribution is 5.68. The largest absolute Gasteiger partial charge is 0.445 e. The van der Waals surface area contributed by atoms with Crippen LogP contribution in [-0.4, -0.2) is 43.3 Å². The molecule has 0 aliphatic carbocycles. The second-order valence-corrected chi connectivity index (χ2v) is 9.65. The Balaban J connectivity index is 1.45. The SMILES string of the molecule is Cc1cc([C@@H](C)OC[C@@]2(c3ccccc3)CC[C@H](OC(=O)N3CCCC3)CN2)cc(C(F)(F)F)c1. The van der Waals surface area contributed by atoms with Gasteiger partial charge in [0, 0.05) is 19.6 Å². The van der Waals surface area contributed by atoms with Gasteiger partial charge in [-0.1, -0.05) is 42.0 Å². The maximum absolute atomic E-state index is 13.3. The molecule has 35 heavy (non-hydrogen) atoms. The van der Waals surface area contributed by atoms with E-state index in [0.29, 0.717) is 30.5 Å². The molecule has 0 spiro atoms. The van der Waals surface area contributed by atoms with Crippen molar-refractivity contribution >= 4 is 6.09 Å². The minimum atomic E-state index is -4.40. The van der Waals surface area contributed by atoms with E-state index in [2.05, 4.69) is 5.32 Å². The summed E-state index contributed by atoms with van der Waals surface area (Å²) in [4.78, 5) is 14.2. The molecule has 2 heterocycles. The Morgan fingerprint density at radius 2 is 1.89 bits per heavy atom. The van der Waals surface area contributed by atoms with E-state index in [1.165, 1.54) is 0 Å². The lowest BCUT2D eigenvalue weighted by molar-refractivity contribution is -0.137. The number of rotatable bonds is 6. The molecule has 1 N–H and O–H groups in total. The molecule has 1 amide bonds. The van der Waals surface area contributed by atoms with Crippen molar-refractivity contribution in [3.8, 4) is 0 Å². The summed E-state index contributed by atoms with van der Waals surface area (Å²) in [5.74, 6) is 0. The fourth-order valence-electron chi connectivity index (χ4n) is 4.91. The molecule has 8 heteroatoms. The Morgan fingerprint density at radius 3 is 2.51 bits per heavy atom. The number of piperidine rings is 1. The van der Waals surface area contributed by atoms with Crippen LogP contribution in [0, 0.1) is 6.92 Å². The van der Waals surface area contributed by atoms with Gasteiger partial charge in [-0.3, -0.25) is 0 Å². The number of aryl methyl sites for hydroxylation is 1. The number of nitrogens with one attached hydrogen (secondary N) is 1. The molecule has 0 radical (unpaired) electrons. The van der Waals surface area contributed by atoms with Crippen LogP contribution < -0.4 is 5.32 Å². The van der Waals surface area contributed by atoms with Crippen LogP contribution >= 0.6 is 0 Å². The predicted molar refractivity (Wildman–Crippen MR) is 127 cm³/mol. The van der Waals surface area contributed by atoms with E-state index >= 15 is 0 Å². The van der Waals surface area contributed by atoms with Crippen LogP contribution in [0.5, 0.6) is 0 Å². The second kappa shape index (κ2) is 10.6. The number of amides is 1. The highest BCUT2D eigenvalue weighted by Crippen LogP contribution is 2.35. The third-order valence-corrected chi connectivity index (χ3v) is 7.00. The zero-order valence-corrected chi connectivity index (χ0v) is 20.2. The van der Waals surface area contributed by atoms with E-state index < -0.39 is 23.4 Å². The van der Waals surface area contributed by atoms with E-state index in [-0.39, 0.29) is 18.8 Å². The zero-order chi connectivity index (χ0) is 25.1. The van der Waals surface area contributed by atoms with Gasteiger partial charge in [-0.25, -0.2) is 4.79 Å². The van der Waals surface area contributed by atoms with Crippen LogP contribution in [0.3, 0.4) is 0 Å². The summed E-state index contributed by atoms with van der Waals surface area (Å²) in [5.41, 5.74) is 0.883. The van der Waals surface area contributed by atoms with Crippen molar-refractivity contribution in [3.05, 3.63) is 70.8 Å². The molecule has 0 unspecified atom stereocenters. The van der Waals surface area contributed by atoms with Gasteiger partial charge < -0.3 is 19.7 Å². The molecule has 5 nitrogen and oxygen atoms in total. The zero-order valence-electron chi connectivity index (χ0n) is 20.2. The van der Waals surface area contributed by atoms with Gasteiger partial charge in [0.25, 0.3) is 0 Å². The summed E-state index contributed by atoms with van der Waals surface area (Å²) in [6.45, 7) is 5.68. The average molecular weight is 491 g/mol. The molecule has 2 fully saturated rings. The van der Waals surface area contributed by atoms with E-state index in [1.54, 1.807) is 24.8 Å². The van der Waals surface area contributed by atoms with Crippen LogP contribution in [0.15, 0.2) is 48.5 Å². The van der Waals surface area contributed by atoms with E-state index in [4.69, 9.17) is 9.47 Å². The van der Waals surface area contributed by atoms with Gasteiger partial charge >= 0.3 is 12.3 Å². The number of benzene rings is 2. The summed E-state index contributed by atoms with van der Waals surface area (Å²) in [6, 6.07) is 13.9. The Hall–Kier alpha value is -2.58. The van der Waals surface area contributed by atoms with Crippen molar-refractivity contribution in [2.24, 2.45) is 0 Å². The van der Waals surface area contributed by atoms with Crippen molar-refractivity contribution in [2.45, 2.75) is 63.5 Å². The number of carbonyl (C=O) groups is 1. The lowest BCUT2D eigenvalue weighted by Crippen LogP contribution is -2.54. The second-order valence-electron chi connectivity index (χ2n) is 9.65. The van der Waals surface area contributed by atoms with Crippen molar-refractivity contribution < 1.29 is 27.4 Å². The summed E-state index contributed by atoms with van der Waals surface area (Å²) >= 11 is 0. The molecule has 2 aromatic carbocycles. The Labute approximate surface area is 204 Å². The third-order valence-electron chi connectivity index (χ3n) is 7.00. The molecule has 2 aromatic rings. The van der Waals surface area contributed by atoms with Gasteiger partial charge in [0.05, 0.1) is 23.8 Å². The summed E-state index contributed by atoms with van der Waals surface area (Å²) < 4.78 is 51.9. The molecule has 0 bridgehead atoms. The molecule has 2 aliphatic rings. The van der Waals surface area contributed by atoms with E-state index in [0.717, 1.165) is 43.6 Å². The quantitative estimate of drug-likeness (QED) is 0.542. The Bertz CT molecular complexity index is 998. The first kappa shape index (κ1) is 25.5. The van der Waals surface area contributed by atoms with Crippen molar-refractivity contribution in [1.29, 1.82) is 0 Å². The minimum Gasteiger partial charge on any atom is -0.445 e. The maximum Gasteiger partial charge on any atom is 0.416 e. The van der Waals surface area contributed by atoms with Crippen LogP contribution in [-0.2, 0) is 21.2 Å². The van der Waals surface area contributed by atoms with Crippen LogP contribution in [0.4, 0.5) is 18.0 Å².